The molecule has 162 valence electrons. The number of amides is 1. The highest BCUT2D eigenvalue weighted by Gasteiger charge is 2.14. The summed E-state index contributed by atoms with van der Waals surface area (Å²) >= 11 is 0. The topological polar surface area (TPSA) is 135 Å². The number of nitrogens with zero attached hydrogens (tertiary/aromatic N) is 3. The Morgan fingerprint density at radius 2 is 1.94 bits per heavy atom. The number of nitrogen functional groups attached to an aromatic ring is 1. The van der Waals surface area contributed by atoms with Gasteiger partial charge in [-0.1, -0.05) is 36.4 Å². The molecular formula is C22H26N6O3. The van der Waals surface area contributed by atoms with Gasteiger partial charge in [-0.2, -0.15) is 0 Å². The molecule has 0 radical (unpaired) electrons. The maximum absolute atomic E-state index is 12.8. The Morgan fingerprint density at radius 3 is 2.65 bits per heavy atom. The molecule has 0 saturated carbocycles. The van der Waals surface area contributed by atoms with Gasteiger partial charge in [-0.15, -0.1) is 0 Å². The molecule has 0 aliphatic rings. The number of pyridine rings is 1. The number of hydrogen-bond acceptors (Lipinski definition) is 7. The van der Waals surface area contributed by atoms with E-state index in [0.717, 1.165) is 16.8 Å². The van der Waals surface area contributed by atoms with Crippen LogP contribution in [0, 0.1) is 13.8 Å². The summed E-state index contributed by atoms with van der Waals surface area (Å²) in [7, 11) is 0. The second kappa shape index (κ2) is 9.86. The van der Waals surface area contributed by atoms with Crippen LogP contribution in [0.5, 0.6) is 0 Å². The first-order chi connectivity index (χ1) is 14.8. The molecule has 0 aliphatic carbocycles. The quantitative estimate of drug-likeness (QED) is 0.430. The molecule has 1 atom stereocenters. The van der Waals surface area contributed by atoms with Gasteiger partial charge in [0.1, 0.15) is 12.4 Å². The number of anilines is 2. The largest absolute Gasteiger partial charge is 0.387 e. The predicted octanol–water partition coefficient (Wildman–Crippen LogP) is 1.30. The number of benzene rings is 1. The van der Waals surface area contributed by atoms with Gasteiger partial charge >= 0.3 is 0 Å². The highest BCUT2D eigenvalue weighted by molar-refractivity contribution is 5.75. The first-order valence-corrected chi connectivity index (χ1v) is 9.87. The second-order valence-electron chi connectivity index (χ2n) is 7.20. The van der Waals surface area contributed by atoms with Gasteiger partial charge in [-0.3, -0.25) is 14.2 Å². The van der Waals surface area contributed by atoms with Crippen molar-refractivity contribution in [2.24, 2.45) is 0 Å². The van der Waals surface area contributed by atoms with Gasteiger partial charge in [0, 0.05) is 30.7 Å². The molecule has 3 aromatic rings. The first-order valence-electron chi connectivity index (χ1n) is 9.87. The van der Waals surface area contributed by atoms with Gasteiger partial charge in [-0.05, 0) is 31.0 Å². The molecule has 0 unspecified atom stereocenters. The number of aliphatic hydroxyl groups excluding tert-OH is 1. The first kappa shape index (κ1) is 22.0. The highest BCUT2D eigenvalue weighted by Crippen LogP contribution is 2.12. The number of nitrogens with one attached hydrogen (secondary N) is 2. The van der Waals surface area contributed by atoms with Gasteiger partial charge in [0.2, 0.25) is 5.91 Å². The van der Waals surface area contributed by atoms with E-state index in [9.17, 15) is 14.7 Å². The molecule has 1 aromatic carbocycles. The van der Waals surface area contributed by atoms with Crippen molar-refractivity contribution >= 4 is 17.5 Å². The lowest BCUT2D eigenvalue weighted by atomic mass is 10.1. The summed E-state index contributed by atoms with van der Waals surface area (Å²) in [5.41, 5.74) is 8.08. The van der Waals surface area contributed by atoms with Crippen LogP contribution in [0.2, 0.25) is 0 Å². The van der Waals surface area contributed by atoms with Crippen LogP contribution in [0.3, 0.4) is 0 Å². The van der Waals surface area contributed by atoms with E-state index in [1.165, 1.54) is 10.8 Å². The van der Waals surface area contributed by atoms with E-state index in [1.807, 2.05) is 31.2 Å². The molecule has 0 fully saturated rings. The third-order valence-electron chi connectivity index (χ3n) is 4.90. The van der Waals surface area contributed by atoms with Crippen LogP contribution in [-0.2, 0) is 17.9 Å². The van der Waals surface area contributed by atoms with Crippen molar-refractivity contribution in [3.05, 3.63) is 81.5 Å². The lowest BCUT2D eigenvalue weighted by Crippen LogP contribution is -2.35. The highest BCUT2D eigenvalue weighted by atomic mass is 16.3. The average molecular weight is 422 g/mol. The van der Waals surface area contributed by atoms with Crippen LogP contribution >= 0.6 is 0 Å². The van der Waals surface area contributed by atoms with Crippen molar-refractivity contribution in [3.8, 4) is 0 Å². The fourth-order valence-corrected chi connectivity index (χ4v) is 3.06. The summed E-state index contributed by atoms with van der Waals surface area (Å²) in [4.78, 5) is 33.5. The molecule has 1 amide bonds. The summed E-state index contributed by atoms with van der Waals surface area (Å²) in [6, 6.07) is 12.6. The molecule has 0 saturated heterocycles. The molecule has 2 aromatic heterocycles. The summed E-state index contributed by atoms with van der Waals surface area (Å²) in [6.45, 7) is 3.77. The molecule has 5 N–H and O–H groups in total. The molecule has 0 bridgehead atoms. The van der Waals surface area contributed by atoms with Crippen molar-refractivity contribution in [1.29, 1.82) is 0 Å². The Morgan fingerprint density at radius 1 is 1.19 bits per heavy atom. The molecule has 9 heteroatoms. The molecule has 0 spiro atoms. The van der Waals surface area contributed by atoms with Gasteiger partial charge < -0.3 is 21.5 Å². The van der Waals surface area contributed by atoms with Crippen LogP contribution in [0.1, 0.15) is 28.6 Å². The Bertz CT molecular complexity index is 1110. The third kappa shape index (κ3) is 5.67. The fourth-order valence-electron chi connectivity index (χ4n) is 3.06. The minimum Gasteiger partial charge on any atom is -0.387 e. The molecule has 31 heavy (non-hydrogen) atoms. The maximum Gasteiger partial charge on any atom is 0.293 e. The van der Waals surface area contributed by atoms with Crippen LogP contribution in [0.25, 0.3) is 0 Å². The van der Waals surface area contributed by atoms with Gasteiger partial charge in [0.25, 0.3) is 5.56 Å². The summed E-state index contributed by atoms with van der Waals surface area (Å²) in [5.74, 6) is 0.179. The number of aliphatic hydroxyl groups is 1. The van der Waals surface area contributed by atoms with Gasteiger partial charge in [0.15, 0.2) is 5.82 Å². The van der Waals surface area contributed by atoms with E-state index in [0.29, 0.717) is 11.5 Å². The predicted molar refractivity (Wildman–Crippen MR) is 118 cm³/mol. The smallest absolute Gasteiger partial charge is 0.293 e. The average Bonchev–Trinajstić information content (AvgIpc) is 2.76. The lowest BCUT2D eigenvalue weighted by molar-refractivity contribution is -0.121. The summed E-state index contributed by atoms with van der Waals surface area (Å²) in [6.07, 6.45) is 0.720. The Hall–Kier alpha value is -3.72. The van der Waals surface area contributed by atoms with Gasteiger partial charge in [0.05, 0.1) is 6.10 Å². The van der Waals surface area contributed by atoms with Gasteiger partial charge in [-0.25, -0.2) is 9.97 Å². The van der Waals surface area contributed by atoms with E-state index in [1.54, 1.807) is 25.1 Å². The van der Waals surface area contributed by atoms with Crippen LogP contribution in [-0.4, -0.2) is 32.1 Å². The normalized spacial score (nSPS) is 11.7. The maximum atomic E-state index is 12.8. The Balaban J connectivity index is 1.64. The number of aromatic nitrogens is 3. The number of hydrogen-bond donors (Lipinski definition) is 4. The lowest BCUT2D eigenvalue weighted by Gasteiger charge is -2.15. The van der Waals surface area contributed by atoms with E-state index < -0.39 is 11.7 Å². The van der Waals surface area contributed by atoms with Crippen molar-refractivity contribution in [3.63, 3.8) is 0 Å². The zero-order valence-corrected chi connectivity index (χ0v) is 17.5. The van der Waals surface area contributed by atoms with E-state index in [2.05, 4.69) is 20.6 Å². The van der Waals surface area contributed by atoms with Crippen molar-refractivity contribution in [2.45, 2.75) is 33.0 Å². The minimum atomic E-state index is -0.794. The Labute approximate surface area is 180 Å². The van der Waals surface area contributed by atoms with E-state index in [4.69, 9.17) is 5.73 Å². The molecular weight excluding hydrogens is 396 g/mol. The number of carbonyl (C=O) groups is 1. The van der Waals surface area contributed by atoms with E-state index >= 15 is 0 Å². The Kier molecular flexibility index (Phi) is 6.99. The number of nitrogens with two attached hydrogens (primary N) is 1. The van der Waals surface area contributed by atoms with Crippen LogP contribution < -0.4 is 21.9 Å². The second-order valence-corrected chi connectivity index (χ2v) is 7.20. The van der Waals surface area contributed by atoms with Crippen LogP contribution in [0.15, 0.2) is 53.5 Å². The molecule has 9 nitrogen and oxygen atoms in total. The zero-order valence-electron chi connectivity index (χ0n) is 17.5. The monoisotopic (exact) mass is 422 g/mol. The third-order valence-corrected chi connectivity index (χ3v) is 4.90. The summed E-state index contributed by atoms with van der Waals surface area (Å²) < 4.78 is 1.34. The standard InChI is InChI=1S/C22H26N6O3/c1-14-10-25-21(26-12-18(29)16-6-4-3-5-7-16)22(31)28(14)13-20(30)24-11-17-8-9-19(23)27-15(17)2/h3-10,18,29H,11-13H2,1-2H3,(H2,23,27)(H,24,30)(H,25,26)/t18-/m0/s1. The molecule has 2 heterocycles. The number of aryl methyl sites for hydroxylation is 2. The van der Waals surface area contributed by atoms with E-state index in [-0.39, 0.29) is 31.4 Å². The van der Waals surface area contributed by atoms with Crippen molar-refractivity contribution in [2.75, 3.05) is 17.6 Å². The van der Waals surface area contributed by atoms with Crippen molar-refractivity contribution in [1.82, 2.24) is 19.9 Å². The molecule has 3 rings (SSSR count). The number of carbonyl (C=O) groups excluding carboxylic acids is 1. The zero-order chi connectivity index (χ0) is 22.4. The minimum absolute atomic E-state index is 0.0759. The SMILES string of the molecule is Cc1nc(N)ccc1CNC(=O)Cn1c(C)cnc(NC[C@H](O)c2ccccc2)c1=O. The van der Waals surface area contributed by atoms with Crippen LogP contribution in [0.4, 0.5) is 11.6 Å². The molecule has 0 aliphatic heterocycles. The fraction of sp³-hybridized carbons (Fsp3) is 0.273. The van der Waals surface area contributed by atoms with Crippen molar-refractivity contribution < 1.29 is 9.90 Å². The number of rotatable bonds is 8. The summed E-state index contributed by atoms with van der Waals surface area (Å²) in [5, 5.41) is 16.0.